The van der Waals surface area contributed by atoms with Crippen LogP contribution >= 0.6 is 0 Å². The van der Waals surface area contributed by atoms with E-state index in [2.05, 4.69) is 0 Å². The highest BCUT2D eigenvalue weighted by Gasteiger charge is 2.35. The Morgan fingerprint density at radius 3 is 1.60 bits per heavy atom. The fourth-order valence-electron chi connectivity index (χ4n) is 2.87. The number of Topliss-reactive ketones (excluding diaryl/α,β-unsaturated/α-hetero) is 2. The van der Waals surface area contributed by atoms with Gasteiger partial charge >= 0.3 is 0 Å². The second-order valence-corrected chi connectivity index (χ2v) is 5.22. The zero-order chi connectivity index (χ0) is 14.6. The lowest BCUT2D eigenvalue weighted by Gasteiger charge is -2.23. The van der Waals surface area contributed by atoms with E-state index in [1.165, 1.54) is 12.1 Å². The van der Waals surface area contributed by atoms with Gasteiger partial charge in [0.1, 0.15) is 5.82 Å². The van der Waals surface area contributed by atoms with Crippen molar-refractivity contribution in [1.82, 2.24) is 0 Å². The maximum atomic E-state index is 14.3. The fourth-order valence-corrected chi connectivity index (χ4v) is 2.87. The highest BCUT2D eigenvalue weighted by atomic mass is 19.1. The first-order chi connectivity index (χ1) is 9.43. The molecule has 0 N–H and O–H groups in total. The summed E-state index contributed by atoms with van der Waals surface area (Å²) in [5, 5.41) is 0. The zero-order valence-corrected chi connectivity index (χ0v) is 11.5. The Hall–Kier alpha value is -2.29. The third-order valence-electron chi connectivity index (χ3n) is 3.90. The number of rotatable bonds is 0. The number of fused-ring (bicyclic) bond motifs is 3. The number of ketones is 2. The van der Waals surface area contributed by atoms with E-state index in [1.807, 2.05) is 13.0 Å². The molecule has 0 heterocycles. The summed E-state index contributed by atoms with van der Waals surface area (Å²) in [6.07, 6.45) is 0. The van der Waals surface area contributed by atoms with Gasteiger partial charge in [-0.1, -0.05) is 18.2 Å². The molecule has 0 unspecified atom stereocenters. The van der Waals surface area contributed by atoms with E-state index in [0.717, 1.165) is 5.56 Å². The molecular weight excluding hydrogens is 255 g/mol. The number of carbonyl (C=O) groups excluding carboxylic acids is 2. The van der Waals surface area contributed by atoms with Gasteiger partial charge < -0.3 is 0 Å². The van der Waals surface area contributed by atoms with Gasteiger partial charge in [-0.05, 0) is 49.1 Å². The number of benzene rings is 2. The standard InChI is InChI=1S/C17H13FO2/c1-8-4-5-9(2)13-12(8)15-11(18)7-6-10(3)14(15)17(20)16(13)19/h4-7H,1-3H3. The van der Waals surface area contributed by atoms with Crippen molar-refractivity contribution in [2.45, 2.75) is 20.8 Å². The maximum absolute atomic E-state index is 14.3. The van der Waals surface area contributed by atoms with Gasteiger partial charge in [-0.3, -0.25) is 9.59 Å². The summed E-state index contributed by atoms with van der Waals surface area (Å²) in [5.74, 6) is -1.61. The van der Waals surface area contributed by atoms with Crippen LogP contribution in [0.4, 0.5) is 4.39 Å². The number of aryl methyl sites for hydroxylation is 3. The second kappa shape index (κ2) is 4.10. The summed E-state index contributed by atoms with van der Waals surface area (Å²) in [6.45, 7) is 5.31. The van der Waals surface area contributed by atoms with Crippen LogP contribution in [-0.2, 0) is 0 Å². The van der Waals surface area contributed by atoms with Gasteiger partial charge in [0.2, 0.25) is 11.6 Å². The molecule has 1 aliphatic carbocycles. The van der Waals surface area contributed by atoms with Crippen LogP contribution in [0.2, 0.25) is 0 Å². The van der Waals surface area contributed by atoms with Crippen LogP contribution in [0.3, 0.4) is 0 Å². The minimum Gasteiger partial charge on any atom is -0.285 e. The van der Waals surface area contributed by atoms with Gasteiger partial charge in [-0.25, -0.2) is 4.39 Å². The van der Waals surface area contributed by atoms with Gasteiger partial charge in [0.05, 0.1) is 0 Å². The molecule has 0 aromatic heterocycles. The summed E-state index contributed by atoms with van der Waals surface area (Å²) in [7, 11) is 0. The molecule has 0 bridgehead atoms. The summed E-state index contributed by atoms with van der Waals surface area (Å²) < 4.78 is 14.3. The molecule has 3 heteroatoms. The summed E-state index contributed by atoms with van der Waals surface area (Å²) in [5.41, 5.74) is 3.51. The lowest BCUT2D eigenvalue weighted by molar-refractivity contribution is 0.0814. The van der Waals surface area contributed by atoms with Crippen LogP contribution in [0, 0.1) is 26.6 Å². The van der Waals surface area contributed by atoms with Gasteiger partial charge in [0, 0.05) is 16.7 Å². The lowest BCUT2D eigenvalue weighted by Crippen LogP contribution is -2.24. The Morgan fingerprint density at radius 2 is 1.05 bits per heavy atom. The minimum atomic E-state index is -0.613. The van der Waals surface area contributed by atoms with Crippen molar-refractivity contribution in [3.05, 3.63) is 57.9 Å². The monoisotopic (exact) mass is 268 g/mol. The van der Waals surface area contributed by atoms with E-state index >= 15 is 0 Å². The third kappa shape index (κ3) is 1.49. The molecule has 0 radical (unpaired) electrons. The van der Waals surface area contributed by atoms with E-state index in [4.69, 9.17) is 0 Å². The molecule has 0 spiro atoms. The first-order valence-electron chi connectivity index (χ1n) is 6.42. The van der Waals surface area contributed by atoms with E-state index in [9.17, 15) is 14.0 Å². The highest BCUT2D eigenvalue weighted by molar-refractivity contribution is 6.53. The summed E-state index contributed by atoms with van der Waals surface area (Å²) in [6, 6.07) is 6.53. The molecule has 2 nitrogen and oxygen atoms in total. The van der Waals surface area contributed by atoms with Crippen molar-refractivity contribution in [1.29, 1.82) is 0 Å². The van der Waals surface area contributed by atoms with Crippen LogP contribution in [-0.4, -0.2) is 11.6 Å². The van der Waals surface area contributed by atoms with Gasteiger partial charge in [0.15, 0.2) is 0 Å². The topological polar surface area (TPSA) is 34.1 Å². The van der Waals surface area contributed by atoms with Crippen molar-refractivity contribution in [3.8, 4) is 11.1 Å². The van der Waals surface area contributed by atoms with Crippen LogP contribution in [0.5, 0.6) is 0 Å². The summed E-state index contributed by atoms with van der Waals surface area (Å²) >= 11 is 0. The smallest absolute Gasteiger partial charge is 0.234 e. The van der Waals surface area contributed by atoms with Crippen molar-refractivity contribution in [2.75, 3.05) is 0 Å². The Balaban J connectivity index is 2.56. The first-order valence-corrected chi connectivity index (χ1v) is 6.42. The predicted molar refractivity (Wildman–Crippen MR) is 74.7 cm³/mol. The number of halogens is 1. The molecule has 20 heavy (non-hydrogen) atoms. The molecule has 0 saturated carbocycles. The van der Waals surface area contributed by atoms with Gasteiger partial charge in [-0.15, -0.1) is 0 Å². The van der Waals surface area contributed by atoms with E-state index in [-0.39, 0.29) is 11.1 Å². The molecule has 0 aliphatic heterocycles. The fraction of sp³-hybridized carbons (Fsp3) is 0.176. The third-order valence-corrected chi connectivity index (χ3v) is 3.90. The molecule has 3 rings (SSSR count). The number of hydrogen-bond donors (Lipinski definition) is 0. The lowest BCUT2D eigenvalue weighted by atomic mass is 9.78. The summed E-state index contributed by atoms with van der Waals surface area (Å²) in [4.78, 5) is 24.6. The normalized spacial score (nSPS) is 13.2. The zero-order valence-electron chi connectivity index (χ0n) is 11.5. The molecule has 0 amide bonds. The molecular formula is C17H13FO2. The Kier molecular flexibility index (Phi) is 2.61. The predicted octanol–water partition coefficient (Wildman–Crippen LogP) is 3.80. The molecule has 2 aromatic carbocycles. The van der Waals surface area contributed by atoms with Gasteiger partial charge in [0.25, 0.3) is 0 Å². The highest BCUT2D eigenvalue weighted by Crippen LogP contribution is 2.40. The molecule has 1 aliphatic rings. The Bertz CT molecular complexity index is 721. The van der Waals surface area contributed by atoms with Crippen molar-refractivity contribution >= 4 is 11.6 Å². The molecule has 0 fully saturated rings. The van der Waals surface area contributed by atoms with E-state index in [1.54, 1.807) is 19.9 Å². The molecule has 2 aromatic rings. The van der Waals surface area contributed by atoms with Crippen LogP contribution in [0.25, 0.3) is 11.1 Å². The average Bonchev–Trinajstić information content (AvgIpc) is 2.41. The maximum Gasteiger partial charge on any atom is 0.234 e. The second-order valence-electron chi connectivity index (χ2n) is 5.22. The average molecular weight is 268 g/mol. The van der Waals surface area contributed by atoms with Crippen LogP contribution < -0.4 is 0 Å². The van der Waals surface area contributed by atoms with Crippen molar-refractivity contribution in [3.63, 3.8) is 0 Å². The first kappa shape index (κ1) is 12.7. The number of carbonyl (C=O) groups is 2. The minimum absolute atomic E-state index is 0.205. The molecule has 100 valence electrons. The van der Waals surface area contributed by atoms with Crippen LogP contribution in [0.1, 0.15) is 37.4 Å². The Morgan fingerprint density at radius 1 is 0.650 bits per heavy atom. The molecule has 0 saturated heterocycles. The molecule has 0 atom stereocenters. The van der Waals surface area contributed by atoms with Crippen LogP contribution in [0.15, 0.2) is 24.3 Å². The van der Waals surface area contributed by atoms with E-state index in [0.29, 0.717) is 22.3 Å². The quantitative estimate of drug-likeness (QED) is 0.681. The SMILES string of the molecule is Cc1ccc(C)c2c1C(=O)C(=O)c1c(C)ccc(F)c1-2. The Labute approximate surface area is 116 Å². The van der Waals surface area contributed by atoms with Crippen molar-refractivity contribution in [2.24, 2.45) is 0 Å². The number of hydrogen-bond acceptors (Lipinski definition) is 2. The van der Waals surface area contributed by atoms with E-state index < -0.39 is 17.4 Å². The van der Waals surface area contributed by atoms with Gasteiger partial charge in [-0.2, -0.15) is 0 Å². The van der Waals surface area contributed by atoms with Crippen molar-refractivity contribution < 1.29 is 14.0 Å². The largest absolute Gasteiger partial charge is 0.285 e.